The van der Waals surface area contributed by atoms with E-state index in [1.54, 1.807) is 14.2 Å². The standard InChI is InChI=1S/C22H24N2O3/c1-13-5-6-18-17(9-13)14(2)21(23-18)22(25)24-8-7-15-10-19(26-3)20(27-4)11-16(15)12-24/h5-6,9-11,23H,7-8,12H2,1-4H3. The molecule has 0 atom stereocenters. The van der Waals surface area contributed by atoms with E-state index < -0.39 is 0 Å². The van der Waals surface area contributed by atoms with Gasteiger partial charge in [0.15, 0.2) is 11.5 Å². The van der Waals surface area contributed by atoms with Crippen LogP contribution in [0.3, 0.4) is 0 Å². The molecule has 0 fully saturated rings. The van der Waals surface area contributed by atoms with Gasteiger partial charge in [-0.25, -0.2) is 0 Å². The molecular formula is C22H24N2O3. The molecule has 0 aliphatic carbocycles. The Kier molecular flexibility index (Phi) is 4.30. The Hall–Kier alpha value is -2.95. The van der Waals surface area contributed by atoms with Crippen molar-refractivity contribution in [1.82, 2.24) is 9.88 Å². The Labute approximate surface area is 158 Å². The molecular weight excluding hydrogens is 340 g/mol. The highest BCUT2D eigenvalue weighted by atomic mass is 16.5. The number of rotatable bonds is 3. The molecule has 1 aliphatic heterocycles. The maximum atomic E-state index is 13.2. The Bertz CT molecular complexity index is 1040. The topological polar surface area (TPSA) is 54.6 Å². The predicted octanol–water partition coefficient (Wildman–Crippen LogP) is 4.00. The van der Waals surface area contributed by atoms with Crippen molar-refractivity contribution in [3.63, 3.8) is 0 Å². The summed E-state index contributed by atoms with van der Waals surface area (Å²) in [7, 11) is 3.27. The van der Waals surface area contributed by atoms with Gasteiger partial charge < -0.3 is 19.4 Å². The largest absolute Gasteiger partial charge is 0.493 e. The first-order chi connectivity index (χ1) is 13.0. The summed E-state index contributed by atoms with van der Waals surface area (Å²) in [5, 5.41) is 1.11. The first-order valence-electron chi connectivity index (χ1n) is 9.13. The van der Waals surface area contributed by atoms with E-state index in [1.807, 2.05) is 30.0 Å². The van der Waals surface area contributed by atoms with E-state index in [-0.39, 0.29) is 5.91 Å². The van der Waals surface area contributed by atoms with E-state index in [1.165, 1.54) is 11.1 Å². The van der Waals surface area contributed by atoms with E-state index in [9.17, 15) is 4.79 Å². The zero-order valence-electron chi connectivity index (χ0n) is 16.2. The van der Waals surface area contributed by atoms with Crippen molar-refractivity contribution in [2.24, 2.45) is 0 Å². The molecule has 0 spiro atoms. The summed E-state index contributed by atoms with van der Waals surface area (Å²) in [6, 6.07) is 10.2. The second-order valence-electron chi connectivity index (χ2n) is 7.13. The average molecular weight is 364 g/mol. The number of hydrogen-bond acceptors (Lipinski definition) is 3. The van der Waals surface area contributed by atoms with Crippen LogP contribution < -0.4 is 9.47 Å². The lowest BCUT2D eigenvalue weighted by Crippen LogP contribution is -2.36. The number of aromatic amines is 1. The summed E-state index contributed by atoms with van der Waals surface area (Å²) >= 11 is 0. The van der Waals surface area contributed by atoms with Crippen LogP contribution >= 0.6 is 0 Å². The van der Waals surface area contributed by atoms with Crippen LogP contribution in [-0.4, -0.2) is 36.6 Å². The fourth-order valence-electron chi connectivity index (χ4n) is 3.87. The molecule has 1 N–H and O–H groups in total. The highest BCUT2D eigenvalue weighted by Crippen LogP contribution is 2.34. The number of aromatic nitrogens is 1. The van der Waals surface area contributed by atoms with Crippen LogP contribution in [0.2, 0.25) is 0 Å². The number of aryl methyl sites for hydroxylation is 2. The molecule has 0 unspecified atom stereocenters. The monoisotopic (exact) mass is 364 g/mol. The van der Waals surface area contributed by atoms with Gasteiger partial charge in [-0.2, -0.15) is 0 Å². The summed E-state index contributed by atoms with van der Waals surface area (Å²) < 4.78 is 10.8. The molecule has 0 bridgehead atoms. The van der Waals surface area contributed by atoms with Crippen molar-refractivity contribution in [3.05, 3.63) is 58.3 Å². The molecule has 2 aromatic carbocycles. The lowest BCUT2D eigenvalue weighted by Gasteiger charge is -2.29. The molecule has 5 nitrogen and oxygen atoms in total. The number of fused-ring (bicyclic) bond motifs is 2. The van der Waals surface area contributed by atoms with Crippen molar-refractivity contribution >= 4 is 16.8 Å². The quantitative estimate of drug-likeness (QED) is 0.764. The van der Waals surface area contributed by atoms with Gasteiger partial charge in [-0.3, -0.25) is 4.79 Å². The molecule has 4 rings (SSSR count). The molecule has 0 saturated heterocycles. The minimum Gasteiger partial charge on any atom is -0.493 e. The van der Waals surface area contributed by atoms with Gasteiger partial charge in [0.25, 0.3) is 5.91 Å². The van der Waals surface area contributed by atoms with E-state index in [0.29, 0.717) is 24.5 Å². The molecule has 1 aromatic heterocycles. The third kappa shape index (κ3) is 2.93. The van der Waals surface area contributed by atoms with Crippen LogP contribution in [0.5, 0.6) is 11.5 Å². The Morgan fingerprint density at radius 3 is 2.44 bits per heavy atom. The van der Waals surface area contributed by atoms with Gasteiger partial charge in [0.05, 0.1) is 14.2 Å². The number of hydrogen-bond donors (Lipinski definition) is 1. The van der Waals surface area contributed by atoms with Gasteiger partial charge in [0.1, 0.15) is 5.69 Å². The Balaban J connectivity index is 1.66. The van der Waals surface area contributed by atoms with E-state index in [0.717, 1.165) is 34.2 Å². The van der Waals surface area contributed by atoms with Crippen molar-refractivity contribution in [2.75, 3.05) is 20.8 Å². The van der Waals surface area contributed by atoms with Crippen molar-refractivity contribution < 1.29 is 14.3 Å². The molecule has 0 saturated carbocycles. The van der Waals surface area contributed by atoms with Crippen molar-refractivity contribution in [2.45, 2.75) is 26.8 Å². The lowest BCUT2D eigenvalue weighted by molar-refractivity contribution is 0.0728. The number of benzene rings is 2. The first kappa shape index (κ1) is 17.5. The molecule has 0 radical (unpaired) electrons. The fourth-order valence-corrected chi connectivity index (χ4v) is 3.87. The van der Waals surface area contributed by atoms with Crippen LogP contribution in [0, 0.1) is 13.8 Å². The van der Waals surface area contributed by atoms with Crippen LogP contribution in [0.1, 0.15) is 32.7 Å². The number of nitrogens with one attached hydrogen (secondary N) is 1. The SMILES string of the molecule is COc1cc2c(cc1OC)CN(C(=O)c1[nH]c3ccc(C)cc3c1C)CC2. The number of methoxy groups -OCH3 is 2. The van der Waals surface area contributed by atoms with E-state index in [2.05, 4.69) is 24.0 Å². The van der Waals surface area contributed by atoms with Crippen molar-refractivity contribution in [1.29, 1.82) is 0 Å². The number of nitrogens with zero attached hydrogens (tertiary/aromatic N) is 1. The highest BCUT2D eigenvalue weighted by molar-refractivity contribution is 6.01. The fraction of sp³-hybridized carbons (Fsp3) is 0.318. The van der Waals surface area contributed by atoms with E-state index in [4.69, 9.17) is 9.47 Å². The van der Waals surface area contributed by atoms with Gasteiger partial charge >= 0.3 is 0 Å². The van der Waals surface area contributed by atoms with Gasteiger partial charge in [0, 0.05) is 24.0 Å². The summed E-state index contributed by atoms with van der Waals surface area (Å²) in [5.74, 6) is 1.47. The third-order valence-corrected chi connectivity index (χ3v) is 5.43. The number of amides is 1. The summed E-state index contributed by atoms with van der Waals surface area (Å²) in [6.07, 6.45) is 0.805. The number of H-pyrrole nitrogens is 1. The van der Waals surface area contributed by atoms with E-state index >= 15 is 0 Å². The molecule has 3 aromatic rings. The van der Waals surface area contributed by atoms with Gasteiger partial charge in [-0.05, 0) is 61.2 Å². The second kappa shape index (κ2) is 6.65. The smallest absolute Gasteiger partial charge is 0.270 e. The average Bonchev–Trinajstić information content (AvgIpc) is 3.01. The molecule has 1 amide bonds. The Morgan fingerprint density at radius 1 is 1.04 bits per heavy atom. The zero-order chi connectivity index (χ0) is 19.1. The minimum absolute atomic E-state index is 0.0433. The van der Waals surface area contributed by atoms with Crippen LogP contribution in [0.25, 0.3) is 10.9 Å². The van der Waals surface area contributed by atoms with Gasteiger partial charge in [-0.15, -0.1) is 0 Å². The summed E-state index contributed by atoms with van der Waals surface area (Å²) in [6.45, 7) is 5.34. The molecule has 5 heteroatoms. The molecule has 140 valence electrons. The van der Waals surface area contributed by atoms with Crippen LogP contribution in [-0.2, 0) is 13.0 Å². The van der Waals surface area contributed by atoms with Gasteiger partial charge in [0.2, 0.25) is 0 Å². The number of carbonyl (C=O) groups is 1. The predicted molar refractivity (Wildman–Crippen MR) is 106 cm³/mol. The molecule has 27 heavy (non-hydrogen) atoms. The summed E-state index contributed by atoms with van der Waals surface area (Å²) in [4.78, 5) is 18.4. The number of ether oxygens (including phenoxy) is 2. The molecule has 2 heterocycles. The first-order valence-corrected chi connectivity index (χ1v) is 9.13. The summed E-state index contributed by atoms with van der Waals surface area (Å²) in [5.41, 5.74) is 6.20. The van der Waals surface area contributed by atoms with Gasteiger partial charge in [-0.1, -0.05) is 11.6 Å². The zero-order valence-corrected chi connectivity index (χ0v) is 16.2. The van der Waals surface area contributed by atoms with Crippen LogP contribution in [0.15, 0.2) is 30.3 Å². The van der Waals surface area contributed by atoms with Crippen molar-refractivity contribution in [3.8, 4) is 11.5 Å². The maximum absolute atomic E-state index is 13.2. The maximum Gasteiger partial charge on any atom is 0.270 e. The minimum atomic E-state index is 0.0433. The lowest BCUT2D eigenvalue weighted by atomic mass is 9.98. The van der Waals surface area contributed by atoms with Crippen LogP contribution in [0.4, 0.5) is 0 Å². The Morgan fingerprint density at radius 2 is 1.74 bits per heavy atom. The number of carbonyl (C=O) groups excluding carboxylic acids is 1. The second-order valence-corrected chi connectivity index (χ2v) is 7.13. The molecule has 1 aliphatic rings. The highest BCUT2D eigenvalue weighted by Gasteiger charge is 2.26. The normalized spacial score (nSPS) is 13.6. The third-order valence-electron chi connectivity index (χ3n) is 5.43.